The molecule has 1 N–H and O–H groups in total. The Labute approximate surface area is 126 Å². The van der Waals surface area contributed by atoms with Gasteiger partial charge in [0.25, 0.3) is 0 Å². The molecule has 0 spiro atoms. The van der Waals surface area contributed by atoms with Crippen LogP contribution in [-0.2, 0) is 13.0 Å². The van der Waals surface area contributed by atoms with Crippen molar-refractivity contribution in [3.8, 4) is 11.5 Å². The van der Waals surface area contributed by atoms with Crippen molar-refractivity contribution in [2.24, 2.45) is 0 Å². The molecule has 0 aliphatic rings. The highest BCUT2D eigenvalue weighted by Crippen LogP contribution is 2.24. The molecule has 0 unspecified atom stereocenters. The quantitative estimate of drug-likeness (QED) is 0.806. The van der Waals surface area contributed by atoms with Crippen LogP contribution in [0.3, 0.4) is 0 Å². The van der Waals surface area contributed by atoms with Crippen molar-refractivity contribution in [1.82, 2.24) is 5.32 Å². The van der Waals surface area contributed by atoms with Crippen LogP contribution in [-0.4, -0.2) is 20.3 Å². The van der Waals surface area contributed by atoms with Gasteiger partial charge in [-0.15, -0.1) is 0 Å². The van der Waals surface area contributed by atoms with Gasteiger partial charge in [0, 0.05) is 18.5 Å². The Morgan fingerprint density at radius 3 is 2.57 bits per heavy atom. The molecule has 0 saturated carbocycles. The first-order chi connectivity index (χ1) is 10.3. The van der Waals surface area contributed by atoms with Crippen LogP contribution in [0.25, 0.3) is 0 Å². The Kier molecular flexibility index (Phi) is 6.10. The van der Waals surface area contributed by atoms with E-state index in [-0.39, 0.29) is 0 Å². The first-order valence-corrected chi connectivity index (χ1v) is 7.38. The van der Waals surface area contributed by atoms with Gasteiger partial charge in [0.1, 0.15) is 11.5 Å². The molecule has 2 rings (SSSR count). The lowest BCUT2D eigenvalue weighted by atomic mass is 10.1. The van der Waals surface area contributed by atoms with Gasteiger partial charge in [-0.2, -0.15) is 0 Å². The summed E-state index contributed by atoms with van der Waals surface area (Å²) in [6, 6.07) is 16.3. The summed E-state index contributed by atoms with van der Waals surface area (Å²) < 4.78 is 11.2. The normalized spacial score (nSPS) is 10.4. The maximum atomic E-state index is 5.94. The van der Waals surface area contributed by atoms with E-state index in [9.17, 15) is 0 Å². The average molecular weight is 285 g/mol. The fourth-order valence-electron chi connectivity index (χ4n) is 2.14. The van der Waals surface area contributed by atoms with E-state index in [2.05, 4.69) is 36.5 Å². The second-order valence-electron chi connectivity index (χ2n) is 4.84. The minimum absolute atomic E-state index is 0.676. The summed E-state index contributed by atoms with van der Waals surface area (Å²) in [5.74, 6) is 1.78. The van der Waals surface area contributed by atoms with Gasteiger partial charge in [0.05, 0.1) is 13.7 Å². The molecule has 0 aliphatic carbocycles. The standard InChI is InChI=1S/C18H23NO2/c1-3-19-14-16-13-17(20-2)9-10-18(16)21-12-11-15-7-5-4-6-8-15/h4-10,13,19H,3,11-12,14H2,1-2H3. The highest BCUT2D eigenvalue weighted by molar-refractivity contribution is 5.40. The zero-order valence-electron chi connectivity index (χ0n) is 12.8. The van der Waals surface area contributed by atoms with E-state index in [1.165, 1.54) is 5.56 Å². The summed E-state index contributed by atoms with van der Waals surface area (Å²) in [5, 5.41) is 3.33. The van der Waals surface area contributed by atoms with Crippen molar-refractivity contribution in [3.05, 3.63) is 59.7 Å². The van der Waals surface area contributed by atoms with Crippen molar-refractivity contribution in [2.45, 2.75) is 19.9 Å². The minimum Gasteiger partial charge on any atom is -0.497 e. The third kappa shape index (κ3) is 4.80. The minimum atomic E-state index is 0.676. The molecular formula is C18H23NO2. The van der Waals surface area contributed by atoms with Gasteiger partial charge in [0.2, 0.25) is 0 Å². The van der Waals surface area contributed by atoms with E-state index >= 15 is 0 Å². The van der Waals surface area contributed by atoms with Crippen LogP contribution in [0.5, 0.6) is 11.5 Å². The summed E-state index contributed by atoms with van der Waals surface area (Å²) in [4.78, 5) is 0. The van der Waals surface area contributed by atoms with Crippen LogP contribution in [0.4, 0.5) is 0 Å². The average Bonchev–Trinajstić information content (AvgIpc) is 2.54. The maximum Gasteiger partial charge on any atom is 0.124 e. The van der Waals surface area contributed by atoms with Crippen LogP contribution < -0.4 is 14.8 Å². The number of benzene rings is 2. The van der Waals surface area contributed by atoms with Crippen molar-refractivity contribution in [2.75, 3.05) is 20.3 Å². The molecule has 112 valence electrons. The number of rotatable bonds is 8. The summed E-state index contributed by atoms with van der Waals surface area (Å²) in [5.41, 5.74) is 2.42. The van der Waals surface area contributed by atoms with Crippen LogP contribution in [0.15, 0.2) is 48.5 Å². The van der Waals surface area contributed by atoms with E-state index in [1.54, 1.807) is 7.11 Å². The third-order valence-electron chi connectivity index (χ3n) is 3.32. The Morgan fingerprint density at radius 2 is 1.86 bits per heavy atom. The number of nitrogens with one attached hydrogen (secondary N) is 1. The van der Waals surface area contributed by atoms with Crippen molar-refractivity contribution >= 4 is 0 Å². The van der Waals surface area contributed by atoms with Gasteiger partial charge < -0.3 is 14.8 Å². The second kappa shape index (κ2) is 8.32. The lowest BCUT2D eigenvalue weighted by Crippen LogP contribution is -2.13. The molecule has 0 bridgehead atoms. The number of methoxy groups -OCH3 is 1. The summed E-state index contributed by atoms with van der Waals surface area (Å²) in [6.07, 6.45) is 0.910. The molecule has 0 atom stereocenters. The van der Waals surface area contributed by atoms with Crippen molar-refractivity contribution in [1.29, 1.82) is 0 Å². The molecular weight excluding hydrogens is 262 g/mol. The molecule has 0 radical (unpaired) electrons. The lowest BCUT2D eigenvalue weighted by molar-refractivity contribution is 0.316. The fourth-order valence-corrected chi connectivity index (χ4v) is 2.14. The molecule has 2 aromatic rings. The smallest absolute Gasteiger partial charge is 0.124 e. The Balaban J connectivity index is 1.97. The topological polar surface area (TPSA) is 30.5 Å². The number of hydrogen-bond acceptors (Lipinski definition) is 3. The third-order valence-corrected chi connectivity index (χ3v) is 3.32. The molecule has 0 aliphatic heterocycles. The van der Waals surface area contributed by atoms with Crippen LogP contribution in [0.1, 0.15) is 18.1 Å². The first-order valence-electron chi connectivity index (χ1n) is 7.38. The van der Waals surface area contributed by atoms with Gasteiger partial charge in [-0.05, 0) is 30.3 Å². The van der Waals surface area contributed by atoms with Gasteiger partial charge in [0.15, 0.2) is 0 Å². The van der Waals surface area contributed by atoms with Crippen LogP contribution in [0.2, 0.25) is 0 Å². The summed E-state index contributed by atoms with van der Waals surface area (Å²) in [7, 11) is 1.68. The molecule has 3 nitrogen and oxygen atoms in total. The highest BCUT2D eigenvalue weighted by Gasteiger charge is 2.05. The van der Waals surface area contributed by atoms with E-state index < -0.39 is 0 Å². The predicted molar refractivity (Wildman–Crippen MR) is 86.0 cm³/mol. The van der Waals surface area contributed by atoms with Gasteiger partial charge in [-0.1, -0.05) is 37.3 Å². The molecule has 0 amide bonds. The van der Waals surface area contributed by atoms with Gasteiger partial charge in [-0.3, -0.25) is 0 Å². The lowest BCUT2D eigenvalue weighted by Gasteiger charge is -2.13. The Hall–Kier alpha value is -2.00. The SMILES string of the molecule is CCNCc1cc(OC)ccc1OCCc1ccccc1. The van der Waals surface area contributed by atoms with Crippen LogP contribution in [0, 0.1) is 0 Å². The maximum absolute atomic E-state index is 5.94. The molecule has 3 heteroatoms. The highest BCUT2D eigenvalue weighted by atomic mass is 16.5. The van der Waals surface area contributed by atoms with Gasteiger partial charge in [-0.25, -0.2) is 0 Å². The molecule has 2 aromatic carbocycles. The van der Waals surface area contributed by atoms with E-state index in [1.807, 2.05) is 24.3 Å². The molecule has 0 saturated heterocycles. The largest absolute Gasteiger partial charge is 0.497 e. The molecule has 0 heterocycles. The van der Waals surface area contributed by atoms with Crippen LogP contribution >= 0.6 is 0 Å². The Bertz CT molecular complexity index is 540. The summed E-state index contributed by atoms with van der Waals surface area (Å²) in [6.45, 7) is 4.49. The van der Waals surface area contributed by atoms with Gasteiger partial charge >= 0.3 is 0 Å². The number of hydrogen-bond donors (Lipinski definition) is 1. The van der Waals surface area contributed by atoms with Crippen molar-refractivity contribution < 1.29 is 9.47 Å². The fraction of sp³-hybridized carbons (Fsp3) is 0.333. The first kappa shape index (κ1) is 15.4. The molecule has 0 fully saturated rings. The monoisotopic (exact) mass is 285 g/mol. The molecule has 0 aromatic heterocycles. The second-order valence-corrected chi connectivity index (χ2v) is 4.84. The number of ether oxygens (including phenoxy) is 2. The van der Waals surface area contributed by atoms with E-state index in [0.29, 0.717) is 6.61 Å². The van der Waals surface area contributed by atoms with Crippen molar-refractivity contribution in [3.63, 3.8) is 0 Å². The summed E-state index contributed by atoms with van der Waals surface area (Å²) >= 11 is 0. The van der Waals surface area contributed by atoms with E-state index in [4.69, 9.17) is 9.47 Å². The zero-order chi connectivity index (χ0) is 14.9. The predicted octanol–water partition coefficient (Wildman–Crippen LogP) is 3.43. The zero-order valence-corrected chi connectivity index (χ0v) is 12.8. The van der Waals surface area contributed by atoms with E-state index in [0.717, 1.165) is 36.6 Å². The Morgan fingerprint density at radius 1 is 1.05 bits per heavy atom. The molecule has 21 heavy (non-hydrogen) atoms.